The summed E-state index contributed by atoms with van der Waals surface area (Å²) >= 11 is 0. The molecule has 2 amide bonds. The number of anilines is 1. The first kappa shape index (κ1) is 14.7. The maximum absolute atomic E-state index is 11.5. The van der Waals surface area contributed by atoms with Crippen LogP contribution in [0, 0.1) is 0 Å². The second-order valence-corrected chi connectivity index (χ2v) is 6.35. The molecule has 0 aromatic carbocycles. The molecule has 2 heterocycles. The lowest BCUT2D eigenvalue weighted by Crippen LogP contribution is -2.38. The first-order chi connectivity index (χ1) is 9.19. The Morgan fingerprint density at radius 2 is 2.20 bits per heavy atom. The Kier molecular flexibility index (Phi) is 3.68. The van der Waals surface area contributed by atoms with Crippen LogP contribution in [0.5, 0.6) is 0 Å². The van der Waals surface area contributed by atoms with Crippen LogP contribution in [0.4, 0.5) is 5.95 Å². The topological polar surface area (TPSA) is 139 Å². The van der Waals surface area contributed by atoms with Gasteiger partial charge in [0.2, 0.25) is 11.9 Å². The van der Waals surface area contributed by atoms with E-state index < -0.39 is 19.5 Å². The lowest BCUT2D eigenvalue weighted by Gasteiger charge is -2.32. The summed E-state index contributed by atoms with van der Waals surface area (Å²) in [6.07, 6.45) is 1.32. The summed E-state index contributed by atoms with van der Waals surface area (Å²) in [6, 6.07) is -0.526. The van der Waals surface area contributed by atoms with E-state index in [9.17, 15) is 14.2 Å². The zero-order chi connectivity index (χ0) is 15.1. The standard InChI is InChI=1S/C10H15N4O5P/c1-6(15)13-3-2-7(5-20(17,18)19)14-4-8(9(11)16)12-10(13)14/h4,7H,2-3,5H2,1H3,(H2,11,16)(H2,17,18,19)/t7-/m0/s1. The van der Waals surface area contributed by atoms with E-state index in [1.807, 2.05) is 0 Å². The average molecular weight is 302 g/mol. The van der Waals surface area contributed by atoms with E-state index in [-0.39, 0.29) is 30.3 Å². The van der Waals surface area contributed by atoms with Gasteiger partial charge < -0.3 is 20.1 Å². The molecule has 4 N–H and O–H groups in total. The highest BCUT2D eigenvalue weighted by atomic mass is 31.2. The minimum atomic E-state index is -4.22. The molecule has 110 valence electrons. The summed E-state index contributed by atoms with van der Waals surface area (Å²) in [5.74, 6) is -0.830. The van der Waals surface area contributed by atoms with Gasteiger partial charge in [-0.1, -0.05) is 0 Å². The first-order valence-electron chi connectivity index (χ1n) is 5.90. The van der Waals surface area contributed by atoms with Crippen LogP contribution in [0.2, 0.25) is 0 Å². The largest absolute Gasteiger partial charge is 0.364 e. The predicted molar refractivity (Wildman–Crippen MR) is 69.3 cm³/mol. The van der Waals surface area contributed by atoms with E-state index in [2.05, 4.69) is 4.98 Å². The number of hydrogen-bond acceptors (Lipinski definition) is 4. The van der Waals surface area contributed by atoms with Gasteiger partial charge in [0.15, 0.2) is 0 Å². The second-order valence-electron chi connectivity index (χ2n) is 4.66. The van der Waals surface area contributed by atoms with E-state index in [1.165, 1.54) is 22.6 Å². The third-order valence-electron chi connectivity index (χ3n) is 3.11. The third-order valence-corrected chi connectivity index (χ3v) is 4.01. The lowest BCUT2D eigenvalue weighted by atomic mass is 10.2. The Morgan fingerprint density at radius 3 is 2.70 bits per heavy atom. The molecular formula is C10H15N4O5P. The molecule has 1 aromatic rings. The lowest BCUT2D eigenvalue weighted by molar-refractivity contribution is -0.116. The van der Waals surface area contributed by atoms with Gasteiger partial charge in [0.25, 0.3) is 5.91 Å². The minimum absolute atomic E-state index is 0.0381. The molecule has 1 atom stereocenters. The quantitative estimate of drug-likeness (QED) is 0.641. The van der Waals surface area contributed by atoms with Gasteiger partial charge in [0.05, 0.1) is 6.16 Å². The zero-order valence-corrected chi connectivity index (χ0v) is 11.7. The molecule has 20 heavy (non-hydrogen) atoms. The molecule has 10 heteroatoms. The molecule has 9 nitrogen and oxygen atoms in total. The van der Waals surface area contributed by atoms with Gasteiger partial charge >= 0.3 is 7.60 Å². The summed E-state index contributed by atoms with van der Waals surface area (Å²) in [4.78, 5) is 46.2. The molecule has 0 fully saturated rings. The maximum atomic E-state index is 11.5. The highest BCUT2D eigenvalue weighted by Crippen LogP contribution is 2.42. The minimum Gasteiger partial charge on any atom is -0.364 e. The van der Waals surface area contributed by atoms with Crippen LogP contribution >= 0.6 is 7.60 Å². The highest BCUT2D eigenvalue weighted by molar-refractivity contribution is 7.51. The Balaban J connectivity index is 2.44. The molecular weight excluding hydrogens is 287 g/mol. The molecule has 0 saturated carbocycles. The smallest absolute Gasteiger partial charge is 0.327 e. The fourth-order valence-corrected chi connectivity index (χ4v) is 3.15. The molecule has 2 rings (SSSR count). The fourth-order valence-electron chi connectivity index (χ4n) is 2.24. The molecule has 1 aliphatic rings. The summed E-state index contributed by atoms with van der Waals surface area (Å²) in [5.41, 5.74) is 5.11. The monoisotopic (exact) mass is 302 g/mol. The van der Waals surface area contributed by atoms with Crippen LogP contribution in [0.15, 0.2) is 6.20 Å². The van der Waals surface area contributed by atoms with Crippen molar-refractivity contribution < 1.29 is 23.9 Å². The van der Waals surface area contributed by atoms with Crippen molar-refractivity contribution in [3.05, 3.63) is 11.9 Å². The van der Waals surface area contributed by atoms with Crippen molar-refractivity contribution in [3.8, 4) is 0 Å². The number of nitrogens with two attached hydrogens (primary N) is 1. The number of nitrogens with zero attached hydrogens (tertiary/aromatic N) is 3. The van der Waals surface area contributed by atoms with Gasteiger partial charge in [-0.15, -0.1) is 0 Å². The Morgan fingerprint density at radius 1 is 1.55 bits per heavy atom. The van der Waals surface area contributed by atoms with Crippen molar-refractivity contribution in [2.24, 2.45) is 5.73 Å². The molecule has 0 radical (unpaired) electrons. The van der Waals surface area contributed by atoms with Crippen LogP contribution < -0.4 is 10.6 Å². The number of carbonyl (C=O) groups excluding carboxylic acids is 2. The first-order valence-corrected chi connectivity index (χ1v) is 7.70. The van der Waals surface area contributed by atoms with Gasteiger partial charge in [-0.25, -0.2) is 4.98 Å². The molecule has 1 aliphatic heterocycles. The molecule has 0 saturated heterocycles. The number of carbonyl (C=O) groups is 2. The van der Waals surface area contributed by atoms with Gasteiger partial charge in [0, 0.05) is 25.7 Å². The van der Waals surface area contributed by atoms with E-state index in [0.29, 0.717) is 6.42 Å². The van der Waals surface area contributed by atoms with Gasteiger partial charge in [-0.2, -0.15) is 0 Å². The zero-order valence-electron chi connectivity index (χ0n) is 10.8. The molecule has 1 aromatic heterocycles. The van der Waals surface area contributed by atoms with Gasteiger partial charge in [0.1, 0.15) is 5.69 Å². The van der Waals surface area contributed by atoms with E-state index >= 15 is 0 Å². The summed E-state index contributed by atoms with van der Waals surface area (Å²) in [5, 5.41) is 0. The van der Waals surface area contributed by atoms with Crippen LogP contribution in [0.1, 0.15) is 29.9 Å². The van der Waals surface area contributed by atoms with Crippen LogP contribution in [-0.2, 0) is 9.36 Å². The van der Waals surface area contributed by atoms with Crippen molar-refractivity contribution in [1.29, 1.82) is 0 Å². The number of fused-ring (bicyclic) bond motifs is 1. The van der Waals surface area contributed by atoms with Crippen molar-refractivity contribution in [1.82, 2.24) is 9.55 Å². The van der Waals surface area contributed by atoms with E-state index in [4.69, 9.17) is 15.5 Å². The number of primary amides is 1. The fraction of sp³-hybridized carbons (Fsp3) is 0.500. The molecule has 0 spiro atoms. The van der Waals surface area contributed by atoms with Crippen LogP contribution in [-0.4, -0.2) is 43.9 Å². The maximum Gasteiger partial charge on any atom is 0.327 e. The van der Waals surface area contributed by atoms with E-state index in [0.717, 1.165) is 0 Å². The molecule has 0 bridgehead atoms. The normalized spacial score (nSPS) is 18.8. The Labute approximate surface area is 114 Å². The third kappa shape index (κ3) is 2.90. The van der Waals surface area contributed by atoms with Crippen molar-refractivity contribution in [2.75, 3.05) is 17.6 Å². The molecule has 0 unspecified atom stereocenters. The molecule has 0 aliphatic carbocycles. The van der Waals surface area contributed by atoms with Crippen LogP contribution in [0.25, 0.3) is 0 Å². The number of aromatic nitrogens is 2. The predicted octanol–water partition coefficient (Wildman–Crippen LogP) is -0.543. The van der Waals surface area contributed by atoms with Gasteiger partial charge in [-0.05, 0) is 6.42 Å². The number of hydrogen-bond donors (Lipinski definition) is 3. The highest BCUT2D eigenvalue weighted by Gasteiger charge is 2.33. The summed E-state index contributed by atoms with van der Waals surface area (Å²) in [6.45, 7) is 1.64. The van der Waals surface area contributed by atoms with Crippen molar-refractivity contribution in [2.45, 2.75) is 19.4 Å². The number of rotatable bonds is 3. The number of amides is 2. The summed E-state index contributed by atoms with van der Waals surface area (Å²) < 4.78 is 12.6. The average Bonchev–Trinajstić information content (AvgIpc) is 2.71. The second kappa shape index (κ2) is 5.01. The van der Waals surface area contributed by atoms with E-state index in [1.54, 1.807) is 0 Å². The SMILES string of the molecule is CC(=O)N1CC[C@@H](CP(=O)(O)O)n2cc(C(N)=O)nc21. The Bertz CT molecular complexity index is 607. The van der Waals surface area contributed by atoms with Crippen molar-refractivity contribution in [3.63, 3.8) is 0 Å². The number of imidazole rings is 1. The Hall–Kier alpha value is -1.70. The van der Waals surface area contributed by atoms with Crippen LogP contribution in [0.3, 0.4) is 0 Å². The van der Waals surface area contributed by atoms with Crippen molar-refractivity contribution >= 4 is 25.4 Å². The van der Waals surface area contributed by atoms with Gasteiger partial charge in [-0.3, -0.25) is 19.1 Å². The summed E-state index contributed by atoms with van der Waals surface area (Å²) in [7, 11) is -4.22.